The Morgan fingerprint density at radius 3 is 2.16 bits per heavy atom. The number of benzene rings is 1. The molecule has 0 radical (unpaired) electrons. The van der Waals surface area contributed by atoms with Gasteiger partial charge in [0, 0.05) is 11.6 Å². The molecule has 0 aliphatic rings. The first-order valence-electron chi connectivity index (χ1n) is 5.79. The van der Waals surface area contributed by atoms with E-state index in [0.29, 0.717) is 6.07 Å². The Hall–Kier alpha value is -1.98. The minimum atomic E-state index is -1.18. The van der Waals surface area contributed by atoms with Gasteiger partial charge in [-0.15, -0.1) is 0 Å². The number of carbonyl (C=O) groups is 2. The molecule has 4 nitrogen and oxygen atoms in total. The summed E-state index contributed by atoms with van der Waals surface area (Å²) in [6, 6.07) is 1.26. The minimum Gasteiger partial charge on any atom is -0.480 e. The maximum absolute atomic E-state index is 13.0. The summed E-state index contributed by atoms with van der Waals surface area (Å²) >= 11 is 0. The molecule has 0 bridgehead atoms. The topological polar surface area (TPSA) is 66.4 Å². The molecule has 0 spiro atoms. The van der Waals surface area contributed by atoms with Gasteiger partial charge < -0.3 is 10.4 Å². The molecule has 0 fully saturated rings. The van der Waals surface area contributed by atoms with Gasteiger partial charge in [-0.3, -0.25) is 4.79 Å². The molecule has 1 aromatic carbocycles. The second-order valence-electron chi connectivity index (χ2n) is 4.65. The van der Waals surface area contributed by atoms with Gasteiger partial charge in [0.25, 0.3) is 5.91 Å². The highest BCUT2D eigenvalue weighted by molar-refractivity contribution is 5.96. The van der Waals surface area contributed by atoms with Gasteiger partial charge in [0.1, 0.15) is 17.7 Å². The number of hydrogen-bond donors (Lipinski definition) is 2. The zero-order valence-corrected chi connectivity index (χ0v) is 10.6. The highest BCUT2D eigenvalue weighted by Crippen LogP contribution is 2.10. The summed E-state index contributed by atoms with van der Waals surface area (Å²) in [6.07, 6.45) is 0.235. The van der Waals surface area contributed by atoms with Gasteiger partial charge in [-0.2, -0.15) is 0 Å². The van der Waals surface area contributed by atoms with Crippen LogP contribution in [0.1, 0.15) is 30.6 Å². The largest absolute Gasteiger partial charge is 0.480 e. The van der Waals surface area contributed by atoms with Gasteiger partial charge in [0.15, 0.2) is 0 Å². The monoisotopic (exact) mass is 271 g/mol. The fourth-order valence-corrected chi connectivity index (χ4v) is 1.62. The number of rotatable bonds is 5. The smallest absolute Gasteiger partial charge is 0.326 e. The predicted molar refractivity (Wildman–Crippen MR) is 64.7 cm³/mol. The van der Waals surface area contributed by atoms with Crippen molar-refractivity contribution in [2.45, 2.75) is 26.3 Å². The van der Waals surface area contributed by atoms with E-state index in [9.17, 15) is 18.4 Å². The summed E-state index contributed by atoms with van der Waals surface area (Å²) in [4.78, 5) is 22.7. The molecule has 6 heteroatoms. The third kappa shape index (κ3) is 4.65. The minimum absolute atomic E-state index is 0.0608. The zero-order chi connectivity index (χ0) is 14.6. The quantitative estimate of drug-likeness (QED) is 0.862. The number of carboxylic acids is 1. The molecule has 19 heavy (non-hydrogen) atoms. The summed E-state index contributed by atoms with van der Waals surface area (Å²) < 4.78 is 25.9. The van der Waals surface area contributed by atoms with Crippen LogP contribution in [0.4, 0.5) is 8.78 Å². The Kier molecular flexibility index (Phi) is 4.97. The lowest BCUT2D eigenvalue weighted by Gasteiger charge is -2.16. The van der Waals surface area contributed by atoms with E-state index in [2.05, 4.69) is 5.32 Å². The maximum Gasteiger partial charge on any atom is 0.326 e. The van der Waals surface area contributed by atoms with E-state index in [1.165, 1.54) is 0 Å². The van der Waals surface area contributed by atoms with Crippen molar-refractivity contribution in [2.75, 3.05) is 0 Å². The van der Waals surface area contributed by atoms with Crippen molar-refractivity contribution in [3.63, 3.8) is 0 Å². The molecular formula is C13H15F2NO3. The van der Waals surface area contributed by atoms with E-state index >= 15 is 0 Å². The van der Waals surface area contributed by atoms with Crippen LogP contribution in [0.15, 0.2) is 18.2 Å². The van der Waals surface area contributed by atoms with Gasteiger partial charge in [-0.05, 0) is 24.5 Å². The summed E-state index contributed by atoms with van der Waals surface area (Å²) in [5.41, 5.74) is -0.243. The van der Waals surface area contributed by atoms with Crippen LogP contribution in [0.25, 0.3) is 0 Å². The molecule has 1 rings (SSSR count). The van der Waals surface area contributed by atoms with E-state index < -0.39 is 29.6 Å². The van der Waals surface area contributed by atoms with Crippen LogP contribution >= 0.6 is 0 Å². The van der Waals surface area contributed by atoms with Crippen LogP contribution in [-0.2, 0) is 4.79 Å². The van der Waals surface area contributed by atoms with Crippen molar-refractivity contribution < 1.29 is 23.5 Å². The molecule has 2 N–H and O–H groups in total. The first-order chi connectivity index (χ1) is 8.79. The molecule has 0 saturated heterocycles. The standard InChI is InChI=1S/C13H15F2NO3/c1-7(2)3-11(13(18)19)16-12(17)8-4-9(14)6-10(15)5-8/h4-7,11H,3H2,1-2H3,(H,16,17)(H,18,19)/t11-/m1/s1. The van der Waals surface area contributed by atoms with Crippen LogP contribution in [0, 0.1) is 17.6 Å². The summed E-state index contributed by atoms with van der Waals surface area (Å²) in [6.45, 7) is 3.62. The number of nitrogens with one attached hydrogen (secondary N) is 1. The Bertz CT molecular complexity index is 469. The van der Waals surface area contributed by atoms with Crippen LogP contribution in [0.2, 0.25) is 0 Å². The molecule has 0 aliphatic carbocycles. The number of halogens is 2. The second kappa shape index (κ2) is 6.26. The number of hydrogen-bond acceptors (Lipinski definition) is 2. The molecule has 0 heterocycles. The van der Waals surface area contributed by atoms with Gasteiger partial charge in [0.05, 0.1) is 0 Å². The van der Waals surface area contributed by atoms with Crippen molar-refractivity contribution in [2.24, 2.45) is 5.92 Å². The first-order valence-corrected chi connectivity index (χ1v) is 5.79. The lowest BCUT2D eigenvalue weighted by molar-refractivity contribution is -0.139. The predicted octanol–water partition coefficient (Wildman–Crippen LogP) is 2.19. The van der Waals surface area contributed by atoms with Crippen LogP contribution < -0.4 is 5.32 Å². The maximum atomic E-state index is 13.0. The molecule has 0 saturated carbocycles. The molecular weight excluding hydrogens is 256 g/mol. The Labute approximate surface area is 109 Å². The summed E-state index contributed by atoms with van der Waals surface area (Å²) in [5, 5.41) is 11.2. The summed E-state index contributed by atoms with van der Waals surface area (Å²) in [7, 11) is 0. The van der Waals surface area contributed by atoms with E-state index in [4.69, 9.17) is 5.11 Å². The zero-order valence-electron chi connectivity index (χ0n) is 10.6. The molecule has 0 aliphatic heterocycles. The fourth-order valence-electron chi connectivity index (χ4n) is 1.62. The number of carboxylic acid groups (broad SMARTS) is 1. The average molecular weight is 271 g/mol. The Morgan fingerprint density at radius 2 is 1.74 bits per heavy atom. The average Bonchev–Trinajstić information content (AvgIpc) is 2.25. The van der Waals surface area contributed by atoms with Crippen LogP contribution in [0.5, 0.6) is 0 Å². The molecule has 1 atom stereocenters. The van der Waals surface area contributed by atoms with Crippen LogP contribution in [-0.4, -0.2) is 23.0 Å². The fraction of sp³-hybridized carbons (Fsp3) is 0.385. The van der Waals surface area contributed by atoms with Gasteiger partial charge in [-0.25, -0.2) is 13.6 Å². The van der Waals surface area contributed by atoms with E-state index in [1.807, 2.05) is 13.8 Å². The van der Waals surface area contributed by atoms with Gasteiger partial charge >= 0.3 is 5.97 Å². The van der Waals surface area contributed by atoms with Crippen molar-refractivity contribution in [1.29, 1.82) is 0 Å². The van der Waals surface area contributed by atoms with Crippen molar-refractivity contribution in [3.8, 4) is 0 Å². The second-order valence-corrected chi connectivity index (χ2v) is 4.65. The number of aliphatic carboxylic acids is 1. The molecule has 104 valence electrons. The number of amides is 1. The molecule has 0 unspecified atom stereocenters. The lowest BCUT2D eigenvalue weighted by atomic mass is 10.0. The molecule has 1 aromatic rings. The third-order valence-electron chi connectivity index (χ3n) is 2.44. The Morgan fingerprint density at radius 1 is 1.21 bits per heavy atom. The molecule has 1 amide bonds. The van der Waals surface area contributed by atoms with E-state index in [-0.39, 0.29) is 17.9 Å². The molecule has 0 aromatic heterocycles. The van der Waals surface area contributed by atoms with Gasteiger partial charge in [-0.1, -0.05) is 13.8 Å². The lowest BCUT2D eigenvalue weighted by Crippen LogP contribution is -2.41. The summed E-state index contributed by atoms with van der Waals surface area (Å²) in [5.74, 6) is -3.71. The van der Waals surface area contributed by atoms with Crippen molar-refractivity contribution in [3.05, 3.63) is 35.4 Å². The SMILES string of the molecule is CC(C)C[C@@H](NC(=O)c1cc(F)cc(F)c1)C(=O)O. The normalized spacial score (nSPS) is 12.3. The van der Waals surface area contributed by atoms with E-state index in [1.54, 1.807) is 0 Å². The highest BCUT2D eigenvalue weighted by Gasteiger charge is 2.22. The Balaban J connectivity index is 2.84. The van der Waals surface area contributed by atoms with Crippen molar-refractivity contribution >= 4 is 11.9 Å². The van der Waals surface area contributed by atoms with Crippen LogP contribution in [0.3, 0.4) is 0 Å². The highest BCUT2D eigenvalue weighted by atomic mass is 19.1. The number of carbonyl (C=O) groups excluding carboxylic acids is 1. The van der Waals surface area contributed by atoms with Gasteiger partial charge in [0.2, 0.25) is 0 Å². The first kappa shape index (κ1) is 15.1. The van der Waals surface area contributed by atoms with E-state index in [0.717, 1.165) is 12.1 Å². The van der Waals surface area contributed by atoms with Crippen molar-refractivity contribution in [1.82, 2.24) is 5.32 Å². The third-order valence-corrected chi connectivity index (χ3v) is 2.44.